The van der Waals surface area contributed by atoms with Gasteiger partial charge >= 0.3 is 0 Å². The standard InChI is InChI=1S/C15H11ClN2O/c16-8-11-6-14(10-17-9-11)19-13-4-3-12-2-1-5-18-15(12)7-13/h1-7,9-10H,8H2. The molecule has 0 saturated carbocycles. The van der Waals surface area contributed by atoms with Crippen molar-refractivity contribution >= 4 is 22.5 Å². The van der Waals surface area contributed by atoms with Crippen LogP contribution in [0.15, 0.2) is 55.0 Å². The minimum Gasteiger partial charge on any atom is -0.456 e. The molecule has 3 aromatic rings. The van der Waals surface area contributed by atoms with E-state index in [0.29, 0.717) is 11.6 Å². The van der Waals surface area contributed by atoms with Gasteiger partial charge in [-0.25, -0.2) is 0 Å². The molecule has 94 valence electrons. The van der Waals surface area contributed by atoms with Crippen molar-refractivity contribution in [1.29, 1.82) is 0 Å². The Labute approximate surface area is 115 Å². The summed E-state index contributed by atoms with van der Waals surface area (Å²) in [5.74, 6) is 1.83. The normalized spacial score (nSPS) is 10.6. The lowest BCUT2D eigenvalue weighted by molar-refractivity contribution is 0.480. The maximum atomic E-state index is 5.77. The van der Waals surface area contributed by atoms with Crippen LogP contribution in [0.5, 0.6) is 11.5 Å². The highest BCUT2D eigenvalue weighted by molar-refractivity contribution is 6.17. The number of fused-ring (bicyclic) bond motifs is 1. The van der Waals surface area contributed by atoms with Crippen molar-refractivity contribution in [3.63, 3.8) is 0 Å². The predicted molar refractivity (Wildman–Crippen MR) is 75.6 cm³/mol. The molecule has 0 unspecified atom stereocenters. The summed E-state index contributed by atoms with van der Waals surface area (Å²) in [6, 6.07) is 11.6. The van der Waals surface area contributed by atoms with Crippen LogP contribution in [0, 0.1) is 0 Å². The van der Waals surface area contributed by atoms with Gasteiger partial charge in [0.15, 0.2) is 0 Å². The minimum absolute atomic E-state index is 0.420. The van der Waals surface area contributed by atoms with Gasteiger partial charge in [0.1, 0.15) is 11.5 Å². The topological polar surface area (TPSA) is 35.0 Å². The molecule has 4 heteroatoms. The molecule has 3 nitrogen and oxygen atoms in total. The van der Waals surface area contributed by atoms with E-state index in [9.17, 15) is 0 Å². The summed E-state index contributed by atoms with van der Waals surface area (Å²) in [7, 11) is 0. The van der Waals surface area contributed by atoms with Crippen molar-refractivity contribution in [3.05, 3.63) is 60.6 Å². The Balaban J connectivity index is 1.92. The van der Waals surface area contributed by atoms with Gasteiger partial charge in [-0.1, -0.05) is 6.07 Å². The monoisotopic (exact) mass is 270 g/mol. The van der Waals surface area contributed by atoms with Gasteiger partial charge in [-0.05, 0) is 29.8 Å². The van der Waals surface area contributed by atoms with Crippen LogP contribution in [-0.4, -0.2) is 9.97 Å². The van der Waals surface area contributed by atoms with Crippen molar-refractivity contribution in [2.75, 3.05) is 0 Å². The highest BCUT2D eigenvalue weighted by Gasteiger charge is 2.01. The molecule has 0 amide bonds. The third-order valence-corrected chi connectivity index (χ3v) is 3.05. The molecule has 0 radical (unpaired) electrons. The molecule has 3 rings (SSSR count). The van der Waals surface area contributed by atoms with Gasteiger partial charge in [-0.3, -0.25) is 9.97 Å². The van der Waals surface area contributed by atoms with Gasteiger partial charge in [0.2, 0.25) is 0 Å². The summed E-state index contributed by atoms with van der Waals surface area (Å²) in [4.78, 5) is 8.39. The highest BCUT2D eigenvalue weighted by atomic mass is 35.5. The summed E-state index contributed by atoms with van der Waals surface area (Å²) in [6.45, 7) is 0. The first-order valence-electron chi connectivity index (χ1n) is 5.88. The second-order valence-corrected chi connectivity index (χ2v) is 4.39. The molecule has 0 atom stereocenters. The SMILES string of the molecule is ClCc1cncc(Oc2ccc3cccnc3c2)c1. The first kappa shape index (κ1) is 11.9. The van der Waals surface area contributed by atoms with E-state index >= 15 is 0 Å². The fraction of sp³-hybridized carbons (Fsp3) is 0.0667. The molecule has 0 bridgehead atoms. The lowest BCUT2D eigenvalue weighted by atomic mass is 10.2. The number of aromatic nitrogens is 2. The number of ether oxygens (including phenoxy) is 1. The van der Waals surface area contributed by atoms with Crippen molar-refractivity contribution < 1.29 is 4.74 Å². The number of pyridine rings is 2. The Kier molecular flexibility index (Phi) is 3.29. The average Bonchev–Trinajstić information content (AvgIpc) is 2.47. The van der Waals surface area contributed by atoms with Crippen molar-refractivity contribution in [3.8, 4) is 11.5 Å². The first-order valence-corrected chi connectivity index (χ1v) is 6.41. The number of halogens is 1. The van der Waals surface area contributed by atoms with E-state index in [1.807, 2.05) is 36.4 Å². The zero-order valence-corrected chi connectivity index (χ0v) is 10.8. The summed E-state index contributed by atoms with van der Waals surface area (Å²) < 4.78 is 5.77. The maximum absolute atomic E-state index is 5.77. The van der Waals surface area contributed by atoms with Gasteiger partial charge in [0.25, 0.3) is 0 Å². The molecule has 2 aromatic heterocycles. The Morgan fingerprint density at radius 3 is 2.89 bits per heavy atom. The number of benzene rings is 1. The lowest BCUT2D eigenvalue weighted by Gasteiger charge is -2.07. The van der Waals surface area contributed by atoms with Crippen LogP contribution in [-0.2, 0) is 5.88 Å². The Morgan fingerprint density at radius 2 is 2.00 bits per heavy atom. The molecule has 0 aliphatic rings. The van der Waals surface area contributed by atoms with E-state index < -0.39 is 0 Å². The maximum Gasteiger partial charge on any atom is 0.146 e. The van der Waals surface area contributed by atoms with Crippen LogP contribution in [0.4, 0.5) is 0 Å². The van der Waals surface area contributed by atoms with E-state index in [0.717, 1.165) is 22.2 Å². The smallest absolute Gasteiger partial charge is 0.146 e. The zero-order chi connectivity index (χ0) is 13.1. The van der Waals surface area contributed by atoms with E-state index in [1.54, 1.807) is 18.6 Å². The first-order chi connectivity index (χ1) is 9.35. The Morgan fingerprint density at radius 1 is 1.05 bits per heavy atom. The quantitative estimate of drug-likeness (QED) is 0.670. The van der Waals surface area contributed by atoms with Gasteiger partial charge in [-0.15, -0.1) is 11.6 Å². The van der Waals surface area contributed by atoms with Crippen LogP contribution < -0.4 is 4.74 Å². The minimum atomic E-state index is 0.420. The summed E-state index contributed by atoms with van der Waals surface area (Å²) in [5, 5.41) is 1.09. The summed E-state index contributed by atoms with van der Waals surface area (Å²) in [5.41, 5.74) is 1.83. The van der Waals surface area contributed by atoms with Gasteiger partial charge in [0, 0.05) is 29.7 Å². The van der Waals surface area contributed by atoms with Crippen molar-refractivity contribution in [2.45, 2.75) is 5.88 Å². The van der Waals surface area contributed by atoms with Crippen molar-refractivity contribution in [2.24, 2.45) is 0 Å². The molecular weight excluding hydrogens is 260 g/mol. The van der Waals surface area contributed by atoms with Crippen molar-refractivity contribution in [1.82, 2.24) is 9.97 Å². The van der Waals surface area contributed by atoms with Crippen LogP contribution in [0.2, 0.25) is 0 Å². The van der Waals surface area contributed by atoms with Crippen LogP contribution in [0.3, 0.4) is 0 Å². The predicted octanol–water partition coefficient (Wildman–Crippen LogP) is 4.16. The van der Waals surface area contributed by atoms with E-state index in [4.69, 9.17) is 16.3 Å². The number of rotatable bonds is 3. The Hall–Kier alpha value is -2.13. The van der Waals surface area contributed by atoms with E-state index in [2.05, 4.69) is 9.97 Å². The second-order valence-electron chi connectivity index (χ2n) is 4.12. The number of hydrogen-bond donors (Lipinski definition) is 0. The number of hydrogen-bond acceptors (Lipinski definition) is 3. The fourth-order valence-electron chi connectivity index (χ4n) is 1.84. The number of alkyl halides is 1. The summed E-state index contributed by atoms with van der Waals surface area (Å²) in [6.07, 6.45) is 5.16. The highest BCUT2D eigenvalue weighted by Crippen LogP contribution is 2.24. The summed E-state index contributed by atoms with van der Waals surface area (Å²) >= 11 is 5.77. The molecule has 1 aromatic carbocycles. The molecule has 0 N–H and O–H groups in total. The fourth-order valence-corrected chi connectivity index (χ4v) is 1.98. The number of nitrogens with zero attached hydrogens (tertiary/aromatic N) is 2. The van der Waals surface area contributed by atoms with E-state index in [-0.39, 0.29) is 0 Å². The molecule has 0 aliphatic carbocycles. The van der Waals surface area contributed by atoms with Crippen LogP contribution in [0.1, 0.15) is 5.56 Å². The molecule has 0 aliphatic heterocycles. The van der Waals surface area contributed by atoms with Gasteiger partial charge in [0.05, 0.1) is 11.7 Å². The molecule has 0 spiro atoms. The second kappa shape index (κ2) is 5.24. The van der Waals surface area contributed by atoms with Crippen LogP contribution >= 0.6 is 11.6 Å². The molecule has 2 heterocycles. The third kappa shape index (κ3) is 2.66. The lowest BCUT2D eigenvalue weighted by Crippen LogP contribution is -1.88. The molecule has 0 saturated heterocycles. The third-order valence-electron chi connectivity index (χ3n) is 2.74. The van der Waals surface area contributed by atoms with Gasteiger partial charge in [-0.2, -0.15) is 0 Å². The average molecular weight is 271 g/mol. The largest absolute Gasteiger partial charge is 0.456 e. The molecule has 19 heavy (non-hydrogen) atoms. The van der Waals surface area contributed by atoms with E-state index in [1.165, 1.54) is 0 Å². The van der Waals surface area contributed by atoms with Crippen LogP contribution in [0.25, 0.3) is 10.9 Å². The Bertz CT molecular complexity index is 715. The molecular formula is C15H11ClN2O. The zero-order valence-electron chi connectivity index (χ0n) is 10.1. The van der Waals surface area contributed by atoms with Gasteiger partial charge < -0.3 is 4.74 Å². The molecule has 0 fully saturated rings.